The maximum absolute atomic E-state index is 6.27. The number of rotatable bonds is 10. The van der Waals surface area contributed by atoms with Gasteiger partial charge in [-0.15, -0.1) is 0 Å². The number of halogens is 1. The van der Waals surface area contributed by atoms with E-state index in [1.807, 2.05) is 0 Å². The normalized spacial score (nSPS) is 12.6. The van der Waals surface area contributed by atoms with Crippen molar-refractivity contribution in [2.45, 2.75) is 70.8 Å². The van der Waals surface area contributed by atoms with Crippen molar-refractivity contribution in [2.75, 3.05) is 0 Å². The predicted molar refractivity (Wildman–Crippen MR) is 93.3 cm³/mol. The summed E-state index contributed by atoms with van der Waals surface area (Å²) in [4.78, 5) is 0. The molecule has 1 nitrogen and oxygen atoms in total. The lowest BCUT2D eigenvalue weighted by molar-refractivity contribution is 0.535. The van der Waals surface area contributed by atoms with Crippen LogP contribution in [-0.2, 0) is 0 Å². The first-order chi connectivity index (χ1) is 9.25. The van der Waals surface area contributed by atoms with E-state index in [9.17, 15) is 0 Å². The van der Waals surface area contributed by atoms with Crippen molar-refractivity contribution < 1.29 is 0 Å². The van der Waals surface area contributed by atoms with Crippen LogP contribution in [0.4, 0.5) is 0 Å². The van der Waals surface area contributed by atoms with E-state index in [0.717, 1.165) is 6.42 Å². The highest BCUT2D eigenvalue weighted by atomic mass is 127. The second-order valence-corrected chi connectivity index (χ2v) is 6.55. The van der Waals surface area contributed by atoms with Crippen molar-refractivity contribution >= 4 is 22.6 Å². The number of benzene rings is 1. The highest BCUT2D eigenvalue weighted by molar-refractivity contribution is 14.1. The zero-order valence-electron chi connectivity index (χ0n) is 12.2. The number of hydrogen-bond acceptors (Lipinski definition) is 1. The van der Waals surface area contributed by atoms with E-state index in [4.69, 9.17) is 5.73 Å². The van der Waals surface area contributed by atoms with Gasteiger partial charge in [0.15, 0.2) is 0 Å². The van der Waals surface area contributed by atoms with Gasteiger partial charge in [-0.05, 0) is 40.6 Å². The van der Waals surface area contributed by atoms with E-state index in [2.05, 4.69) is 53.8 Å². The van der Waals surface area contributed by atoms with Crippen molar-refractivity contribution in [1.29, 1.82) is 0 Å². The molecule has 0 saturated heterocycles. The second-order valence-electron chi connectivity index (χ2n) is 5.39. The summed E-state index contributed by atoms with van der Waals surface area (Å²) in [7, 11) is 0. The molecule has 1 unspecified atom stereocenters. The molecule has 1 rings (SSSR count). The fourth-order valence-electron chi connectivity index (χ4n) is 2.43. The smallest absolute Gasteiger partial charge is 0.0305 e. The lowest BCUT2D eigenvalue weighted by atomic mass is 10.0. The zero-order valence-corrected chi connectivity index (χ0v) is 14.4. The van der Waals surface area contributed by atoms with Crippen LogP contribution in [0, 0.1) is 3.57 Å². The van der Waals surface area contributed by atoms with Gasteiger partial charge >= 0.3 is 0 Å². The molecule has 0 bridgehead atoms. The number of nitrogens with two attached hydrogens (primary N) is 1. The molecule has 0 spiro atoms. The first-order valence-corrected chi connectivity index (χ1v) is 8.83. The molecule has 2 heteroatoms. The first kappa shape index (κ1) is 17.0. The fourth-order valence-corrected chi connectivity index (χ4v) is 3.22. The van der Waals surface area contributed by atoms with Gasteiger partial charge in [-0.2, -0.15) is 0 Å². The molecule has 0 aliphatic rings. The molecule has 0 aromatic heterocycles. The molecule has 2 N–H and O–H groups in total. The Balaban J connectivity index is 2.08. The molecule has 1 atom stereocenters. The van der Waals surface area contributed by atoms with Gasteiger partial charge in [-0.3, -0.25) is 0 Å². The third-order valence-electron chi connectivity index (χ3n) is 3.67. The highest BCUT2D eigenvalue weighted by Gasteiger charge is 2.08. The van der Waals surface area contributed by atoms with Gasteiger partial charge in [0, 0.05) is 9.61 Å². The molecule has 0 fully saturated rings. The average Bonchev–Trinajstić information content (AvgIpc) is 2.42. The van der Waals surface area contributed by atoms with E-state index in [-0.39, 0.29) is 6.04 Å². The Morgan fingerprint density at radius 2 is 1.53 bits per heavy atom. The highest BCUT2D eigenvalue weighted by Crippen LogP contribution is 2.22. The SMILES string of the molecule is CCCCCCCCCCC(N)c1ccccc1I. The third kappa shape index (κ3) is 7.31. The Labute approximate surface area is 132 Å². The molecule has 1 aromatic carbocycles. The van der Waals surface area contributed by atoms with E-state index in [1.165, 1.54) is 60.5 Å². The van der Waals surface area contributed by atoms with Gasteiger partial charge in [-0.1, -0.05) is 76.5 Å². The molecule has 0 radical (unpaired) electrons. The monoisotopic (exact) mass is 373 g/mol. The number of unbranched alkanes of at least 4 members (excludes halogenated alkanes) is 7. The van der Waals surface area contributed by atoms with Gasteiger partial charge in [0.1, 0.15) is 0 Å². The Morgan fingerprint density at radius 3 is 2.16 bits per heavy atom. The Morgan fingerprint density at radius 1 is 0.947 bits per heavy atom. The van der Waals surface area contributed by atoms with Crippen LogP contribution in [0.2, 0.25) is 0 Å². The van der Waals surface area contributed by atoms with Crippen LogP contribution in [-0.4, -0.2) is 0 Å². The van der Waals surface area contributed by atoms with Crippen LogP contribution in [0.3, 0.4) is 0 Å². The van der Waals surface area contributed by atoms with Crippen LogP contribution in [0.25, 0.3) is 0 Å². The summed E-state index contributed by atoms with van der Waals surface area (Å²) in [5, 5.41) is 0. The Bertz CT molecular complexity index is 338. The van der Waals surface area contributed by atoms with Gasteiger partial charge < -0.3 is 5.73 Å². The van der Waals surface area contributed by atoms with Crippen LogP contribution in [0.15, 0.2) is 24.3 Å². The van der Waals surface area contributed by atoms with Gasteiger partial charge in [0.2, 0.25) is 0 Å². The van der Waals surface area contributed by atoms with E-state index >= 15 is 0 Å². The van der Waals surface area contributed by atoms with E-state index in [0.29, 0.717) is 0 Å². The average molecular weight is 373 g/mol. The lowest BCUT2D eigenvalue weighted by Gasteiger charge is -2.13. The molecule has 1 aromatic rings. The Kier molecular flexibility index (Phi) is 9.52. The minimum absolute atomic E-state index is 0.216. The molecule has 0 aliphatic heterocycles. The zero-order chi connectivity index (χ0) is 13.9. The summed E-state index contributed by atoms with van der Waals surface area (Å²) < 4.78 is 1.30. The molecule has 0 heterocycles. The van der Waals surface area contributed by atoms with Crippen molar-refractivity contribution in [3.8, 4) is 0 Å². The van der Waals surface area contributed by atoms with Crippen LogP contribution in [0.1, 0.15) is 76.3 Å². The first-order valence-electron chi connectivity index (χ1n) is 7.75. The minimum atomic E-state index is 0.216. The van der Waals surface area contributed by atoms with E-state index < -0.39 is 0 Å². The second kappa shape index (κ2) is 10.7. The van der Waals surface area contributed by atoms with Crippen LogP contribution >= 0.6 is 22.6 Å². The summed E-state index contributed by atoms with van der Waals surface area (Å²) in [6.07, 6.45) is 12.1. The molecule has 19 heavy (non-hydrogen) atoms. The lowest BCUT2D eigenvalue weighted by Crippen LogP contribution is -2.11. The van der Waals surface area contributed by atoms with Crippen LogP contribution < -0.4 is 5.73 Å². The predicted octanol–water partition coefficient (Wildman–Crippen LogP) is 5.82. The summed E-state index contributed by atoms with van der Waals surface area (Å²) in [5.74, 6) is 0. The van der Waals surface area contributed by atoms with Crippen molar-refractivity contribution in [3.63, 3.8) is 0 Å². The summed E-state index contributed by atoms with van der Waals surface area (Å²) in [6.45, 7) is 2.27. The Hall–Kier alpha value is -0.0900. The summed E-state index contributed by atoms with van der Waals surface area (Å²) >= 11 is 2.38. The maximum atomic E-state index is 6.27. The largest absolute Gasteiger partial charge is 0.324 e. The van der Waals surface area contributed by atoms with Crippen molar-refractivity contribution in [3.05, 3.63) is 33.4 Å². The van der Waals surface area contributed by atoms with Gasteiger partial charge in [-0.25, -0.2) is 0 Å². The fraction of sp³-hybridized carbons (Fsp3) is 0.647. The quantitative estimate of drug-likeness (QED) is 0.406. The third-order valence-corrected chi connectivity index (χ3v) is 4.66. The van der Waals surface area contributed by atoms with Gasteiger partial charge in [0.25, 0.3) is 0 Å². The van der Waals surface area contributed by atoms with Gasteiger partial charge in [0.05, 0.1) is 0 Å². The topological polar surface area (TPSA) is 26.0 Å². The maximum Gasteiger partial charge on any atom is 0.0305 e. The number of hydrogen-bond donors (Lipinski definition) is 1. The molecule has 0 amide bonds. The van der Waals surface area contributed by atoms with Crippen molar-refractivity contribution in [2.24, 2.45) is 5.73 Å². The standard InChI is InChI=1S/C17H28IN/c1-2-3-4-5-6-7-8-9-14-17(19)15-12-10-11-13-16(15)18/h10-13,17H,2-9,14,19H2,1H3. The van der Waals surface area contributed by atoms with Crippen LogP contribution in [0.5, 0.6) is 0 Å². The van der Waals surface area contributed by atoms with E-state index in [1.54, 1.807) is 0 Å². The molecule has 0 saturated carbocycles. The molecular formula is C17H28IN. The minimum Gasteiger partial charge on any atom is -0.324 e. The van der Waals surface area contributed by atoms with Crippen molar-refractivity contribution in [1.82, 2.24) is 0 Å². The summed E-state index contributed by atoms with van der Waals surface area (Å²) in [5.41, 5.74) is 7.58. The molecule has 0 aliphatic carbocycles. The molecular weight excluding hydrogens is 345 g/mol. The molecule has 108 valence electrons. The summed E-state index contributed by atoms with van der Waals surface area (Å²) in [6, 6.07) is 8.69.